The van der Waals surface area contributed by atoms with E-state index in [-0.39, 0.29) is 24.7 Å². The average Bonchev–Trinajstić information content (AvgIpc) is 3.59. The highest BCUT2D eigenvalue weighted by Crippen LogP contribution is 2.56. The van der Waals surface area contributed by atoms with Crippen molar-refractivity contribution in [3.8, 4) is 0 Å². The molecule has 3 aliphatic rings. The number of aliphatic hydroxyl groups excluding tert-OH is 2. The van der Waals surface area contributed by atoms with Gasteiger partial charge in [0.1, 0.15) is 42.4 Å². The number of nitrogens with zero attached hydrogens (tertiary/aromatic N) is 5. The fraction of sp³-hybridized carbons (Fsp3) is 0.579. The van der Waals surface area contributed by atoms with Gasteiger partial charge in [-0.15, -0.1) is 0 Å². The minimum absolute atomic E-state index is 0.0712. The van der Waals surface area contributed by atoms with Gasteiger partial charge in [0, 0.05) is 12.6 Å². The lowest BCUT2D eigenvalue weighted by atomic mass is 10.1. The highest BCUT2D eigenvalue weighted by molar-refractivity contribution is 7.53. The van der Waals surface area contributed by atoms with Crippen LogP contribution in [-0.2, 0) is 27.7 Å². The number of ether oxygens (including phenoxy) is 2. The minimum atomic E-state index is -4.99. The highest BCUT2D eigenvalue weighted by atomic mass is 31.2. The molecular weight excluding hydrogens is 594 g/mol. The quantitative estimate of drug-likeness (QED) is 0.134. The second kappa shape index (κ2) is 11.2. The van der Waals surface area contributed by atoms with Gasteiger partial charge in [-0.1, -0.05) is 0 Å². The normalized spacial score (nSPS) is 31.1. The van der Waals surface area contributed by atoms with E-state index in [4.69, 9.17) is 35.3 Å². The van der Waals surface area contributed by atoms with Gasteiger partial charge in [-0.2, -0.15) is 4.98 Å². The topological polar surface area (TPSA) is 300 Å². The lowest BCUT2D eigenvalue weighted by molar-refractivity contribution is -0.0278. The summed E-state index contributed by atoms with van der Waals surface area (Å²) in [5.74, 6) is 0.411. The molecule has 2 aromatic rings. The lowest BCUT2D eigenvalue weighted by Crippen LogP contribution is -2.44. The smallest absolute Gasteiger partial charge is 0.387 e. The van der Waals surface area contributed by atoms with Crippen molar-refractivity contribution < 1.29 is 52.5 Å². The second-order valence-electron chi connectivity index (χ2n) is 9.43. The number of nitrogen functional groups attached to an aromatic ring is 2. The van der Waals surface area contributed by atoms with Crippen molar-refractivity contribution in [1.29, 1.82) is 0 Å². The molecular formula is C19H28N8O12P2. The van der Waals surface area contributed by atoms with E-state index >= 15 is 0 Å². The molecule has 1 unspecified atom stereocenters. The molecule has 0 radical (unpaired) electrons. The van der Waals surface area contributed by atoms with Crippen LogP contribution in [0.1, 0.15) is 12.6 Å². The molecule has 226 valence electrons. The first kappa shape index (κ1) is 29.7. The number of nitrogens with two attached hydrogens (primary N) is 2. The van der Waals surface area contributed by atoms with E-state index in [0.29, 0.717) is 11.5 Å². The van der Waals surface area contributed by atoms with E-state index in [1.807, 2.05) is 0 Å². The number of aliphatic hydroxyl groups is 2. The van der Waals surface area contributed by atoms with Gasteiger partial charge in [0.15, 0.2) is 17.9 Å². The summed E-state index contributed by atoms with van der Waals surface area (Å²) in [6, 6.07) is 1.30. The Kier molecular flexibility index (Phi) is 8.09. The standard InChI is InChI=1S/C19H28N8O12P2/c20-11-1-2-26(19(30)25-11)12-3-10(8(38-12)4-37-41(33,34)35)40(31,32)36-5-9-14(28)15(29)18(39-9)27-7-24-13-16(21)22-6-23-17(13)27/h1-2,6,8-10,12,14-15,18,24,28-29H,3-5,7H2,(H,31,32)(H2,20,25,30)(H2,21,22,23)(H2,33,34,35)/t8-,9-,10+,12-,14-,15-,18-/m1/s1. The van der Waals surface area contributed by atoms with Crippen LogP contribution < -0.4 is 27.4 Å². The molecule has 20 nitrogen and oxygen atoms in total. The van der Waals surface area contributed by atoms with Gasteiger partial charge in [0.2, 0.25) is 0 Å². The molecule has 3 aliphatic heterocycles. The molecule has 0 bridgehead atoms. The van der Waals surface area contributed by atoms with Gasteiger partial charge < -0.3 is 60.6 Å². The molecule has 0 saturated carbocycles. The van der Waals surface area contributed by atoms with Crippen LogP contribution in [0.5, 0.6) is 0 Å². The zero-order valence-corrected chi connectivity index (χ0v) is 22.8. The summed E-state index contributed by atoms with van der Waals surface area (Å²) in [5, 5.41) is 24.2. The van der Waals surface area contributed by atoms with Crippen molar-refractivity contribution in [3.63, 3.8) is 0 Å². The monoisotopic (exact) mass is 622 g/mol. The van der Waals surface area contributed by atoms with E-state index in [2.05, 4.69) is 24.8 Å². The van der Waals surface area contributed by atoms with E-state index < -0.39 is 76.9 Å². The average molecular weight is 622 g/mol. The maximum Gasteiger partial charge on any atom is 0.469 e. The van der Waals surface area contributed by atoms with Crippen LogP contribution >= 0.6 is 15.4 Å². The maximum atomic E-state index is 13.4. The van der Waals surface area contributed by atoms with Crippen LogP contribution in [0.2, 0.25) is 0 Å². The van der Waals surface area contributed by atoms with E-state index in [1.165, 1.54) is 23.5 Å². The first-order valence-corrected chi connectivity index (χ1v) is 15.2. The molecule has 10 N–H and O–H groups in total. The molecule has 8 atom stereocenters. The van der Waals surface area contributed by atoms with Crippen molar-refractivity contribution in [2.75, 3.05) is 41.6 Å². The van der Waals surface area contributed by atoms with Gasteiger partial charge in [-0.3, -0.25) is 13.7 Å². The zero-order valence-electron chi connectivity index (χ0n) is 21.0. The fourth-order valence-corrected chi connectivity index (χ4v) is 6.74. The van der Waals surface area contributed by atoms with Crippen LogP contribution in [-0.4, -0.2) is 101 Å². The van der Waals surface area contributed by atoms with Crippen molar-refractivity contribution in [2.24, 2.45) is 0 Å². The Labute approximate surface area is 230 Å². The second-order valence-corrected chi connectivity index (χ2v) is 12.7. The first-order chi connectivity index (χ1) is 19.2. The molecule has 0 aromatic carbocycles. The SMILES string of the molecule is Nc1ccn([C@H]2C[C@H](P(=O)(O)OC[C@H]3O[C@@H](N4CNc5c(N)ncnc54)[C@H](O)[C@@H]3O)[C@@H](COP(=O)(O)O)O2)c(=O)n1. The predicted octanol–water partition coefficient (Wildman–Crippen LogP) is -2.50. The van der Waals surface area contributed by atoms with Crippen molar-refractivity contribution in [2.45, 2.75) is 49.0 Å². The number of rotatable bonds is 9. The number of nitrogens with one attached hydrogen (secondary N) is 1. The van der Waals surface area contributed by atoms with Crippen molar-refractivity contribution in [1.82, 2.24) is 19.5 Å². The summed E-state index contributed by atoms with van der Waals surface area (Å²) in [5.41, 5.74) is 9.48. The van der Waals surface area contributed by atoms with Gasteiger partial charge in [-0.25, -0.2) is 19.3 Å². The van der Waals surface area contributed by atoms with Gasteiger partial charge in [0.05, 0.1) is 31.6 Å². The fourth-order valence-electron chi connectivity index (χ4n) is 4.82. The third-order valence-corrected chi connectivity index (χ3v) is 9.20. The maximum absolute atomic E-state index is 13.4. The Morgan fingerprint density at radius 2 is 1.80 bits per heavy atom. The van der Waals surface area contributed by atoms with Crippen LogP contribution in [0.15, 0.2) is 23.4 Å². The minimum Gasteiger partial charge on any atom is -0.387 e. The number of fused-ring (bicyclic) bond motifs is 1. The molecule has 0 aliphatic carbocycles. The molecule has 0 amide bonds. The Balaban J connectivity index is 1.29. The third kappa shape index (κ3) is 6.08. The van der Waals surface area contributed by atoms with Crippen LogP contribution in [0.3, 0.4) is 0 Å². The van der Waals surface area contributed by atoms with Gasteiger partial charge in [0.25, 0.3) is 0 Å². The molecule has 5 rings (SSSR count). The molecule has 41 heavy (non-hydrogen) atoms. The molecule has 2 aromatic heterocycles. The summed E-state index contributed by atoms with van der Waals surface area (Å²) in [4.78, 5) is 54.5. The molecule has 22 heteroatoms. The van der Waals surface area contributed by atoms with Gasteiger partial charge >= 0.3 is 21.1 Å². The summed E-state index contributed by atoms with van der Waals surface area (Å²) < 4.78 is 46.8. The van der Waals surface area contributed by atoms with E-state index in [9.17, 15) is 29.0 Å². The van der Waals surface area contributed by atoms with E-state index in [0.717, 1.165) is 4.57 Å². The first-order valence-electron chi connectivity index (χ1n) is 12.0. The lowest BCUT2D eigenvalue weighted by Gasteiger charge is -2.27. The summed E-state index contributed by atoms with van der Waals surface area (Å²) in [6.45, 7) is -1.37. The van der Waals surface area contributed by atoms with Crippen molar-refractivity contribution >= 4 is 38.6 Å². The number of hydrogen-bond donors (Lipinski definition) is 8. The van der Waals surface area contributed by atoms with Crippen LogP contribution in [0.25, 0.3) is 0 Å². The predicted molar refractivity (Wildman–Crippen MR) is 137 cm³/mol. The van der Waals surface area contributed by atoms with Gasteiger partial charge in [-0.05, 0) is 6.07 Å². The number of aromatic nitrogens is 4. The van der Waals surface area contributed by atoms with E-state index in [1.54, 1.807) is 0 Å². The molecule has 2 fully saturated rings. The van der Waals surface area contributed by atoms with Crippen molar-refractivity contribution in [3.05, 3.63) is 29.1 Å². The van der Waals surface area contributed by atoms with Crippen LogP contribution in [0.4, 0.5) is 23.1 Å². The number of phosphoric acid groups is 1. The number of anilines is 4. The Morgan fingerprint density at radius 3 is 2.51 bits per heavy atom. The Bertz CT molecular complexity index is 1440. The molecule has 0 spiro atoms. The Morgan fingerprint density at radius 1 is 1.07 bits per heavy atom. The largest absolute Gasteiger partial charge is 0.469 e. The summed E-state index contributed by atoms with van der Waals surface area (Å²) in [6.07, 6.45) is -5.85. The van der Waals surface area contributed by atoms with Crippen LogP contribution in [0, 0.1) is 0 Å². The number of hydrogen-bond acceptors (Lipinski definition) is 16. The Hall–Kier alpha value is -2.74. The third-order valence-electron chi connectivity index (χ3n) is 6.82. The molecule has 5 heterocycles. The summed E-state index contributed by atoms with van der Waals surface area (Å²) in [7, 11) is -9.71. The summed E-state index contributed by atoms with van der Waals surface area (Å²) >= 11 is 0. The highest BCUT2D eigenvalue weighted by Gasteiger charge is 2.51. The zero-order chi connectivity index (χ0) is 29.7. The number of phosphoric ester groups is 1. The molecule has 2 saturated heterocycles.